The molecule has 0 saturated carbocycles. The van der Waals surface area contributed by atoms with Crippen LogP contribution < -0.4 is 21.1 Å². The zero-order valence-corrected chi connectivity index (χ0v) is 16.2. The summed E-state index contributed by atoms with van der Waals surface area (Å²) in [5.41, 5.74) is 5.16. The number of pyridine rings is 1. The second kappa shape index (κ2) is 8.75. The van der Waals surface area contributed by atoms with E-state index in [0.717, 1.165) is 31.9 Å². The molecule has 3 N–H and O–H groups in total. The minimum absolute atomic E-state index is 0.276. The molecule has 1 amide bonds. The summed E-state index contributed by atoms with van der Waals surface area (Å²) in [6, 6.07) is 24.5. The number of para-hydroxylation sites is 1. The minimum atomic E-state index is -0.276. The molecule has 29 heavy (non-hydrogen) atoms. The van der Waals surface area contributed by atoms with Gasteiger partial charge < -0.3 is 9.80 Å². The lowest BCUT2D eigenvalue weighted by Gasteiger charge is -2.43. The van der Waals surface area contributed by atoms with Crippen molar-refractivity contribution in [3.63, 3.8) is 0 Å². The van der Waals surface area contributed by atoms with Crippen LogP contribution in [0.4, 0.5) is 11.5 Å². The summed E-state index contributed by atoms with van der Waals surface area (Å²) < 4.78 is 0. The SMILES string of the molecule is NNC(=O)c1ccc(CC2CN(c3ccccn3)CCN2c2ccccc2)cc1. The van der Waals surface area contributed by atoms with Crippen molar-refractivity contribution >= 4 is 17.4 Å². The fourth-order valence-electron chi connectivity index (χ4n) is 3.89. The standard InChI is InChI=1S/C23H25N5O/c24-26-23(29)19-11-9-18(10-12-19)16-21-17-27(22-8-4-5-13-25-22)14-15-28(21)20-6-2-1-3-7-20/h1-13,21H,14-17,24H2,(H,26,29). The third-order valence-electron chi connectivity index (χ3n) is 5.36. The summed E-state index contributed by atoms with van der Waals surface area (Å²) in [6.45, 7) is 2.74. The number of benzene rings is 2. The molecule has 6 nitrogen and oxygen atoms in total. The van der Waals surface area contributed by atoms with E-state index in [4.69, 9.17) is 5.84 Å². The molecule has 2 heterocycles. The number of hydrazine groups is 1. The lowest BCUT2D eigenvalue weighted by atomic mass is 10.00. The van der Waals surface area contributed by atoms with E-state index in [1.807, 2.05) is 48.7 Å². The molecule has 1 atom stereocenters. The molecule has 1 aromatic heterocycles. The fourth-order valence-corrected chi connectivity index (χ4v) is 3.89. The molecule has 1 fully saturated rings. The zero-order valence-electron chi connectivity index (χ0n) is 16.2. The summed E-state index contributed by atoms with van der Waals surface area (Å²) >= 11 is 0. The number of hydrogen-bond donors (Lipinski definition) is 2. The van der Waals surface area contributed by atoms with Crippen molar-refractivity contribution in [2.45, 2.75) is 12.5 Å². The Hall–Kier alpha value is -3.38. The normalized spacial score (nSPS) is 16.5. The van der Waals surface area contributed by atoms with Crippen molar-refractivity contribution in [2.24, 2.45) is 5.84 Å². The van der Waals surface area contributed by atoms with Gasteiger partial charge in [-0.25, -0.2) is 10.8 Å². The number of nitrogens with two attached hydrogens (primary N) is 1. The largest absolute Gasteiger partial charge is 0.365 e. The van der Waals surface area contributed by atoms with Crippen molar-refractivity contribution in [3.05, 3.63) is 90.1 Å². The number of piperazine rings is 1. The van der Waals surface area contributed by atoms with Gasteiger partial charge >= 0.3 is 0 Å². The van der Waals surface area contributed by atoms with Crippen LogP contribution in [0.1, 0.15) is 15.9 Å². The maximum Gasteiger partial charge on any atom is 0.265 e. The number of carbonyl (C=O) groups is 1. The molecule has 1 aliphatic heterocycles. The topological polar surface area (TPSA) is 74.5 Å². The third kappa shape index (κ3) is 4.38. The smallest absolute Gasteiger partial charge is 0.265 e. The molecule has 1 aliphatic rings. The molecule has 4 rings (SSSR count). The van der Waals surface area contributed by atoms with Gasteiger partial charge in [-0.3, -0.25) is 10.2 Å². The number of hydrogen-bond acceptors (Lipinski definition) is 5. The Labute approximate surface area is 170 Å². The summed E-state index contributed by atoms with van der Waals surface area (Å²) in [4.78, 5) is 21.0. The van der Waals surface area contributed by atoms with Crippen LogP contribution in [0.15, 0.2) is 79.0 Å². The second-order valence-corrected chi connectivity index (χ2v) is 7.19. The van der Waals surface area contributed by atoms with Gasteiger partial charge in [0.15, 0.2) is 0 Å². The summed E-state index contributed by atoms with van der Waals surface area (Å²) in [5, 5.41) is 0. The number of carbonyl (C=O) groups excluding carboxylic acids is 1. The van der Waals surface area contributed by atoms with Crippen LogP contribution in [0.25, 0.3) is 0 Å². The predicted molar refractivity (Wildman–Crippen MR) is 116 cm³/mol. The molecular weight excluding hydrogens is 362 g/mol. The van der Waals surface area contributed by atoms with Gasteiger partial charge in [0, 0.05) is 37.1 Å². The summed E-state index contributed by atoms with van der Waals surface area (Å²) in [7, 11) is 0. The Balaban J connectivity index is 1.56. The fraction of sp³-hybridized carbons (Fsp3) is 0.217. The van der Waals surface area contributed by atoms with Crippen LogP contribution in [0, 0.1) is 0 Å². The van der Waals surface area contributed by atoms with Gasteiger partial charge in [-0.15, -0.1) is 0 Å². The average molecular weight is 387 g/mol. The first kappa shape index (κ1) is 19.0. The van der Waals surface area contributed by atoms with Gasteiger partial charge in [0.25, 0.3) is 5.91 Å². The number of nitrogen functional groups attached to an aromatic ring is 1. The molecule has 2 aromatic carbocycles. The molecule has 0 aliphatic carbocycles. The van der Waals surface area contributed by atoms with Gasteiger partial charge in [0.05, 0.1) is 6.04 Å². The Morgan fingerprint density at radius 2 is 1.76 bits per heavy atom. The monoisotopic (exact) mass is 387 g/mol. The van der Waals surface area contributed by atoms with E-state index in [1.165, 1.54) is 11.3 Å². The van der Waals surface area contributed by atoms with Gasteiger partial charge in [0.1, 0.15) is 5.82 Å². The van der Waals surface area contributed by atoms with E-state index >= 15 is 0 Å². The third-order valence-corrected chi connectivity index (χ3v) is 5.36. The first-order chi connectivity index (χ1) is 14.2. The highest BCUT2D eigenvalue weighted by Gasteiger charge is 2.28. The highest BCUT2D eigenvalue weighted by Crippen LogP contribution is 2.25. The van der Waals surface area contributed by atoms with E-state index in [0.29, 0.717) is 11.6 Å². The molecule has 1 unspecified atom stereocenters. The minimum Gasteiger partial charge on any atom is -0.365 e. The number of nitrogens with zero attached hydrogens (tertiary/aromatic N) is 3. The Kier molecular flexibility index (Phi) is 5.72. The Morgan fingerprint density at radius 1 is 1.00 bits per heavy atom. The maximum absolute atomic E-state index is 11.7. The first-order valence-corrected chi connectivity index (χ1v) is 9.82. The number of aromatic nitrogens is 1. The van der Waals surface area contributed by atoms with Crippen LogP contribution in [0.3, 0.4) is 0 Å². The lowest BCUT2D eigenvalue weighted by molar-refractivity contribution is 0.0953. The highest BCUT2D eigenvalue weighted by atomic mass is 16.2. The van der Waals surface area contributed by atoms with Crippen LogP contribution in [-0.2, 0) is 6.42 Å². The molecule has 0 bridgehead atoms. The van der Waals surface area contributed by atoms with E-state index in [2.05, 4.69) is 50.5 Å². The second-order valence-electron chi connectivity index (χ2n) is 7.19. The summed E-state index contributed by atoms with van der Waals surface area (Å²) in [5.74, 6) is 5.96. The van der Waals surface area contributed by atoms with Gasteiger partial charge in [-0.1, -0.05) is 36.4 Å². The van der Waals surface area contributed by atoms with Crippen LogP contribution in [0.5, 0.6) is 0 Å². The molecule has 148 valence electrons. The van der Waals surface area contributed by atoms with E-state index < -0.39 is 0 Å². The number of rotatable bonds is 5. The van der Waals surface area contributed by atoms with E-state index in [-0.39, 0.29) is 5.91 Å². The Morgan fingerprint density at radius 3 is 2.45 bits per heavy atom. The zero-order chi connectivity index (χ0) is 20.1. The number of amides is 1. The van der Waals surface area contributed by atoms with E-state index in [9.17, 15) is 4.79 Å². The van der Waals surface area contributed by atoms with Crippen LogP contribution >= 0.6 is 0 Å². The van der Waals surface area contributed by atoms with Crippen LogP contribution in [0.2, 0.25) is 0 Å². The van der Waals surface area contributed by atoms with Crippen molar-refractivity contribution < 1.29 is 4.79 Å². The van der Waals surface area contributed by atoms with Crippen molar-refractivity contribution in [3.8, 4) is 0 Å². The van der Waals surface area contributed by atoms with E-state index in [1.54, 1.807) is 0 Å². The molecule has 0 radical (unpaired) electrons. The van der Waals surface area contributed by atoms with Crippen molar-refractivity contribution in [1.82, 2.24) is 10.4 Å². The Bertz CT molecular complexity index is 931. The first-order valence-electron chi connectivity index (χ1n) is 9.82. The molecule has 0 spiro atoms. The van der Waals surface area contributed by atoms with Gasteiger partial charge in [-0.05, 0) is 48.4 Å². The summed E-state index contributed by atoms with van der Waals surface area (Å²) in [6.07, 6.45) is 2.72. The van der Waals surface area contributed by atoms with Gasteiger partial charge in [-0.2, -0.15) is 0 Å². The maximum atomic E-state index is 11.7. The lowest BCUT2D eigenvalue weighted by Crippen LogP contribution is -2.54. The predicted octanol–water partition coefficient (Wildman–Crippen LogP) is 2.62. The highest BCUT2D eigenvalue weighted by molar-refractivity contribution is 5.93. The number of nitrogens with one attached hydrogen (secondary N) is 1. The molecule has 3 aromatic rings. The average Bonchev–Trinajstić information content (AvgIpc) is 2.80. The quantitative estimate of drug-likeness (QED) is 0.400. The molecule has 6 heteroatoms. The van der Waals surface area contributed by atoms with Gasteiger partial charge in [0.2, 0.25) is 0 Å². The van der Waals surface area contributed by atoms with Crippen LogP contribution in [-0.4, -0.2) is 36.6 Å². The number of anilines is 2. The molecule has 1 saturated heterocycles. The molecular formula is C23H25N5O. The van der Waals surface area contributed by atoms with Crippen molar-refractivity contribution in [1.29, 1.82) is 0 Å². The van der Waals surface area contributed by atoms with Crippen molar-refractivity contribution in [2.75, 3.05) is 29.4 Å².